The lowest BCUT2D eigenvalue weighted by Gasteiger charge is -2.25. The molecule has 1 N–H and O–H groups in total. The van der Waals surface area contributed by atoms with Gasteiger partial charge in [-0.2, -0.15) is 5.10 Å². The van der Waals surface area contributed by atoms with Crippen molar-refractivity contribution < 1.29 is 4.74 Å². The molecule has 0 radical (unpaired) electrons. The molecule has 0 amide bonds. The number of benzene rings is 3. The van der Waals surface area contributed by atoms with E-state index in [0.717, 1.165) is 34.8 Å². The average molecular weight is 431 g/mol. The highest BCUT2D eigenvalue weighted by Crippen LogP contribution is 2.34. The highest BCUT2D eigenvalue weighted by atomic mass is 32.1. The number of rotatable bonds is 5. The van der Waals surface area contributed by atoms with Crippen molar-refractivity contribution in [2.75, 3.05) is 31.4 Å². The summed E-state index contributed by atoms with van der Waals surface area (Å²) in [7, 11) is 5.76. The Morgan fingerprint density at radius 1 is 1.00 bits per heavy atom. The Morgan fingerprint density at radius 2 is 1.68 bits per heavy atom. The Morgan fingerprint density at radius 3 is 2.29 bits per heavy atom. The zero-order valence-corrected chi connectivity index (χ0v) is 18.8. The van der Waals surface area contributed by atoms with Gasteiger partial charge >= 0.3 is 0 Å². The molecule has 0 aliphatic carbocycles. The molecule has 1 atom stereocenters. The maximum atomic E-state index is 5.76. The van der Waals surface area contributed by atoms with E-state index in [1.54, 1.807) is 7.11 Å². The van der Waals surface area contributed by atoms with E-state index in [1.807, 2.05) is 73.7 Å². The lowest BCUT2D eigenvalue weighted by atomic mass is 9.98. The van der Waals surface area contributed by atoms with Crippen LogP contribution in [0.15, 0.2) is 84.0 Å². The maximum Gasteiger partial charge on any atom is 0.194 e. The molecule has 0 spiro atoms. The van der Waals surface area contributed by atoms with Crippen molar-refractivity contribution in [2.45, 2.75) is 12.5 Å². The average Bonchev–Trinajstić information content (AvgIpc) is 3.25. The summed E-state index contributed by atoms with van der Waals surface area (Å²) < 4.78 is 5.29. The zero-order valence-electron chi connectivity index (χ0n) is 17.9. The largest absolute Gasteiger partial charge is 0.497 e. The molecule has 6 heteroatoms. The summed E-state index contributed by atoms with van der Waals surface area (Å²) in [5, 5.41) is 10.7. The lowest BCUT2D eigenvalue weighted by molar-refractivity contribution is 0.375. The van der Waals surface area contributed by atoms with E-state index in [4.69, 9.17) is 22.1 Å². The van der Waals surface area contributed by atoms with Gasteiger partial charge < -0.3 is 15.0 Å². The van der Waals surface area contributed by atoms with Gasteiger partial charge in [0.15, 0.2) is 5.11 Å². The van der Waals surface area contributed by atoms with Crippen LogP contribution in [0.2, 0.25) is 0 Å². The fourth-order valence-corrected chi connectivity index (χ4v) is 3.90. The fourth-order valence-electron chi connectivity index (χ4n) is 3.61. The van der Waals surface area contributed by atoms with Gasteiger partial charge in [0.2, 0.25) is 0 Å². The fraction of sp³-hybridized carbons (Fsp3) is 0.200. The number of para-hydroxylation sites is 1. The number of nitrogens with one attached hydrogen (secondary N) is 1. The second-order valence-corrected chi connectivity index (χ2v) is 8.01. The minimum atomic E-state index is 0.0250. The van der Waals surface area contributed by atoms with E-state index in [0.29, 0.717) is 5.11 Å². The topological polar surface area (TPSA) is 40.1 Å². The molecular formula is C25H26N4OS. The zero-order chi connectivity index (χ0) is 21.8. The summed E-state index contributed by atoms with van der Waals surface area (Å²) >= 11 is 5.76. The molecule has 0 saturated heterocycles. The molecule has 0 aromatic heterocycles. The van der Waals surface area contributed by atoms with Crippen LogP contribution in [0.25, 0.3) is 0 Å². The van der Waals surface area contributed by atoms with Crippen molar-refractivity contribution in [1.82, 2.24) is 5.01 Å². The van der Waals surface area contributed by atoms with Gasteiger partial charge in [-0.05, 0) is 71.9 Å². The Kier molecular flexibility index (Phi) is 6.18. The molecule has 0 fully saturated rings. The summed E-state index contributed by atoms with van der Waals surface area (Å²) in [4.78, 5) is 2.09. The Balaban J connectivity index is 1.64. The molecule has 5 nitrogen and oxygen atoms in total. The van der Waals surface area contributed by atoms with Crippen molar-refractivity contribution >= 4 is 34.4 Å². The lowest BCUT2D eigenvalue weighted by Crippen LogP contribution is -2.31. The molecule has 158 valence electrons. The van der Waals surface area contributed by atoms with Crippen LogP contribution in [0.4, 0.5) is 11.4 Å². The van der Waals surface area contributed by atoms with E-state index >= 15 is 0 Å². The number of ether oxygens (including phenoxy) is 1. The number of hydrogen-bond donors (Lipinski definition) is 1. The van der Waals surface area contributed by atoms with Gasteiger partial charge in [-0.3, -0.25) is 0 Å². The predicted octanol–water partition coefficient (Wildman–Crippen LogP) is 5.31. The van der Waals surface area contributed by atoms with Crippen LogP contribution >= 0.6 is 12.2 Å². The van der Waals surface area contributed by atoms with Crippen LogP contribution in [0, 0.1) is 0 Å². The summed E-state index contributed by atoms with van der Waals surface area (Å²) in [6, 6.07) is 26.6. The normalized spacial score (nSPS) is 15.4. The first-order valence-corrected chi connectivity index (χ1v) is 10.6. The van der Waals surface area contributed by atoms with Crippen LogP contribution in [0.1, 0.15) is 23.6 Å². The van der Waals surface area contributed by atoms with E-state index in [2.05, 4.69) is 34.5 Å². The van der Waals surface area contributed by atoms with Crippen LogP contribution in [0.3, 0.4) is 0 Å². The first-order valence-electron chi connectivity index (χ1n) is 10.2. The molecule has 1 aliphatic heterocycles. The molecule has 0 saturated carbocycles. The third-order valence-electron chi connectivity index (χ3n) is 5.36. The van der Waals surface area contributed by atoms with Gasteiger partial charge in [0.25, 0.3) is 0 Å². The molecule has 4 rings (SSSR count). The van der Waals surface area contributed by atoms with E-state index in [9.17, 15) is 0 Å². The van der Waals surface area contributed by atoms with Crippen LogP contribution < -0.4 is 15.0 Å². The summed E-state index contributed by atoms with van der Waals surface area (Å²) in [6.07, 6.45) is 0.768. The van der Waals surface area contributed by atoms with Crippen molar-refractivity contribution in [2.24, 2.45) is 5.10 Å². The maximum absolute atomic E-state index is 5.76. The number of methoxy groups -OCH3 is 1. The van der Waals surface area contributed by atoms with Gasteiger partial charge in [0.1, 0.15) is 5.75 Å². The molecule has 1 aliphatic rings. The predicted molar refractivity (Wildman–Crippen MR) is 132 cm³/mol. The standard InChI is InChI=1S/C25H26N4OS/c1-28(2)21-13-9-19(10-14-21)24-17-23(18-11-15-22(30-3)16-12-18)27-29(24)25(31)26-20-7-5-4-6-8-20/h4-16,24H,17H2,1-3H3,(H,26,31)/t24-/m1/s1. The van der Waals surface area contributed by atoms with Crippen molar-refractivity contribution in [3.8, 4) is 5.75 Å². The van der Waals surface area contributed by atoms with Crippen LogP contribution in [-0.2, 0) is 0 Å². The number of anilines is 2. The quantitative estimate of drug-likeness (QED) is 0.556. The van der Waals surface area contributed by atoms with E-state index in [-0.39, 0.29) is 6.04 Å². The Hall–Kier alpha value is -3.38. The minimum absolute atomic E-state index is 0.0250. The van der Waals surface area contributed by atoms with Gasteiger partial charge in [-0.1, -0.05) is 30.3 Å². The third-order valence-corrected chi connectivity index (χ3v) is 5.65. The second kappa shape index (κ2) is 9.18. The highest BCUT2D eigenvalue weighted by molar-refractivity contribution is 7.80. The first-order chi connectivity index (χ1) is 15.0. The smallest absolute Gasteiger partial charge is 0.194 e. The molecule has 0 bridgehead atoms. The SMILES string of the molecule is COc1ccc(C2=NN(C(=S)Nc3ccccc3)[C@@H](c3ccc(N(C)C)cc3)C2)cc1. The summed E-state index contributed by atoms with van der Waals surface area (Å²) in [6.45, 7) is 0. The molecule has 3 aromatic rings. The minimum Gasteiger partial charge on any atom is -0.497 e. The van der Waals surface area contributed by atoms with E-state index in [1.165, 1.54) is 5.56 Å². The third kappa shape index (κ3) is 4.70. The molecule has 3 aromatic carbocycles. The van der Waals surface area contributed by atoms with Gasteiger partial charge in [0.05, 0.1) is 18.9 Å². The number of hydrogen-bond acceptors (Lipinski definition) is 4. The molecule has 1 heterocycles. The Labute approximate surface area is 189 Å². The van der Waals surface area contributed by atoms with E-state index < -0.39 is 0 Å². The molecule has 0 unspecified atom stereocenters. The highest BCUT2D eigenvalue weighted by Gasteiger charge is 2.31. The van der Waals surface area contributed by atoms with Gasteiger partial charge in [-0.25, -0.2) is 5.01 Å². The molecule has 31 heavy (non-hydrogen) atoms. The van der Waals surface area contributed by atoms with Crippen molar-refractivity contribution in [1.29, 1.82) is 0 Å². The summed E-state index contributed by atoms with van der Waals surface area (Å²) in [5.41, 5.74) is 5.36. The van der Waals surface area contributed by atoms with Crippen molar-refractivity contribution in [3.63, 3.8) is 0 Å². The number of hydrazone groups is 1. The van der Waals surface area contributed by atoms with Crippen LogP contribution in [-0.4, -0.2) is 37.0 Å². The number of thiocarbonyl (C=S) groups is 1. The molecular weight excluding hydrogens is 404 g/mol. The van der Waals surface area contributed by atoms with Gasteiger partial charge in [-0.15, -0.1) is 0 Å². The second-order valence-electron chi connectivity index (χ2n) is 7.62. The monoisotopic (exact) mass is 430 g/mol. The van der Waals surface area contributed by atoms with Crippen LogP contribution in [0.5, 0.6) is 5.75 Å². The summed E-state index contributed by atoms with van der Waals surface area (Å²) in [5.74, 6) is 0.830. The first kappa shape index (κ1) is 20.9. The number of nitrogens with zero attached hydrogens (tertiary/aromatic N) is 3. The Bertz CT molecular complexity index is 1060. The van der Waals surface area contributed by atoms with Gasteiger partial charge in [0, 0.05) is 31.9 Å². The van der Waals surface area contributed by atoms with Crippen molar-refractivity contribution in [3.05, 3.63) is 90.0 Å².